The molecule has 0 radical (unpaired) electrons. The Labute approximate surface area is 248 Å². The van der Waals surface area contributed by atoms with Crippen LogP contribution < -0.4 is 10.0 Å². The summed E-state index contributed by atoms with van der Waals surface area (Å²) >= 11 is 1.62. The van der Waals surface area contributed by atoms with Gasteiger partial charge in [0.2, 0.25) is 0 Å². The van der Waals surface area contributed by atoms with Crippen LogP contribution in [0.4, 0.5) is 11.4 Å². The molecule has 0 aliphatic heterocycles. The van der Waals surface area contributed by atoms with E-state index in [1.54, 1.807) is 35.6 Å². The van der Waals surface area contributed by atoms with Gasteiger partial charge in [0, 0.05) is 17.7 Å². The van der Waals surface area contributed by atoms with E-state index < -0.39 is 20.9 Å². The molecule has 2 fully saturated rings. The van der Waals surface area contributed by atoms with Gasteiger partial charge in [-0.05, 0) is 90.5 Å². The molecule has 1 heterocycles. The van der Waals surface area contributed by atoms with E-state index in [4.69, 9.17) is 0 Å². The van der Waals surface area contributed by atoms with Gasteiger partial charge < -0.3 is 5.32 Å². The highest BCUT2D eigenvalue weighted by molar-refractivity contribution is 7.90. The monoisotopic (exact) mass is 604 g/mol. The number of amides is 1. The van der Waals surface area contributed by atoms with Gasteiger partial charge in [0.25, 0.3) is 21.6 Å². The number of nitro benzene ring substituents is 1. The normalized spacial score (nSPS) is 22.8. The molecule has 42 heavy (non-hydrogen) atoms. The lowest BCUT2D eigenvalue weighted by Gasteiger charge is -2.39. The number of nitrogens with zero attached hydrogens (tertiary/aromatic N) is 2. The molecule has 1 amide bonds. The molecule has 6 rings (SSSR count). The van der Waals surface area contributed by atoms with E-state index in [0.29, 0.717) is 5.92 Å². The molecule has 0 saturated heterocycles. The Kier molecular flexibility index (Phi) is 6.65. The molecule has 218 valence electrons. The van der Waals surface area contributed by atoms with Crippen molar-refractivity contribution in [2.24, 2.45) is 16.7 Å². The highest BCUT2D eigenvalue weighted by atomic mass is 32.2. The van der Waals surface area contributed by atoms with Crippen LogP contribution in [-0.2, 0) is 10.0 Å². The van der Waals surface area contributed by atoms with Crippen molar-refractivity contribution in [1.82, 2.24) is 9.71 Å². The number of hydrogen-bond acceptors (Lipinski definition) is 8. The van der Waals surface area contributed by atoms with Crippen molar-refractivity contribution < 1.29 is 18.1 Å². The fraction of sp³-hybridized carbons (Fsp3) is 0.355. The van der Waals surface area contributed by atoms with Gasteiger partial charge in [0.05, 0.1) is 25.0 Å². The van der Waals surface area contributed by atoms with E-state index in [0.717, 1.165) is 51.7 Å². The Balaban J connectivity index is 1.19. The molecule has 2 aliphatic carbocycles. The summed E-state index contributed by atoms with van der Waals surface area (Å²) in [4.78, 5) is 28.5. The summed E-state index contributed by atoms with van der Waals surface area (Å²) in [6.07, 6.45) is 3.09. The zero-order chi connectivity index (χ0) is 30.0. The average molecular weight is 605 g/mol. The minimum Gasteiger partial charge on any atom is -0.376 e. The SMILES string of the molecule is Cc1nc2cc(-c3ccc(C(=O)NS(=O)(=O)c4ccc(N[C@H]5C[C@@H]6CCC5(C)C6(C)C)c([N+](=O)[O-])c4)cc3)ccc2s1. The van der Waals surface area contributed by atoms with Crippen LogP contribution in [0.2, 0.25) is 0 Å². The lowest BCUT2D eigenvalue weighted by atomic mass is 9.69. The molecule has 4 aromatic rings. The van der Waals surface area contributed by atoms with Gasteiger partial charge in [0.15, 0.2) is 0 Å². The van der Waals surface area contributed by atoms with Gasteiger partial charge in [-0.3, -0.25) is 14.9 Å². The third-order valence-electron chi connectivity index (χ3n) is 9.80. The highest BCUT2D eigenvalue weighted by Crippen LogP contribution is 2.66. The lowest BCUT2D eigenvalue weighted by molar-refractivity contribution is -0.384. The quantitative estimate of drug-likeness (QED) is 0.173. The van der Waals surface area contributed by atoms with Gasteiger partial charge >= 0.3 is 0 Å². The summed E-state index contributed by atoms with van der Waals surface area (Å²) < 4.78 is 29.4. The zero-order valence-electron chi connectivity index (χ0n) is 23.8. The van der Waals surface area contributed by atoms with Crippen molar-refractivity contribution in [2.75, 3.05) is 5.32 Å². The molecule has 0 spiro atoms. The first-order valence-corrected chi connectivity index (χ1v) is 16.2. The Morgan fingerprint density at radius 1 is 1.05 bits per heavy atom. The van der Waals surface area contributed by atoms with Gasteiger partial charge in [-0.15, -0.1) is 11.3 Å². The first kappa shape index (κ1) is 28.3. The number of nitrogens with one attached hydrogen (secondary N) is 2. The Morgan fingerprint density at radius 3 is 2.40 bits per heavy atom. The number of anilines is 1. The molecule has 2 aliphatic rings. The summed E-state index contributed by atoms with van der Waals surface area (Å²) in [5.41, 5.74) is 2.85. The van der Waals surface area contributed by atoms with Crippen LogP contribution in [0.5, 0.6) is 0 Å². The molecule has 2 N–H and O–H groups in total. The number of fused-ring (bicyclic) bond motifs is 3. The molecule has 9 nitrogen and oxygen atoms in total. The number of benzene rings is 3. The maximum Gasteiger partial charge on any atom is 0.293 e. The van der Waals surface area contributed by atoms with Crippen LogP contribution in [-0.4, -0.2) is 30.3 Å². The van der Waals surface area contributed by atoms with Crippen LogP contribution in [0, 0.1) is 33.8 Å². The van der Waals surface area contributed by atoms with Gasteiger partial charge in [-0.2, -0.15) is 0 Å². The van der Waals surface area contributed by atoms with Crippen LogP contribution in [0.25, 0.3) is 21.3 Å². The molecule has 1 aromatic heterocycles. The lowest BCUT2D eigenvalue weighted by Crippen LogP contribution is -2.40. The topological polar surface area (TPSA) is 131 Å². The average Bonchev–Trinajstić information content (AvgIpc) is 3.49. The number of carbonyl (C=O) groups is 1. The Morgan fingerprint density at radius 2 is 1.76 bits per heavy atom. The maximum atomic E-state index is 13.1. The molecular weight excluding hydrogens is 572 g/mol. The standard InChI is InChI=1S/C31H32N4O5S2/c1-18-32-25-15-21(9-12-27(25)41-18)19-5-7-20(8-6-19)29(36)34-42(39,40)23-10-11-24(26(17-23)35(37)38)33-28-16-22-13-14-31(28,4)30(22,2)3/h5-12,15,17,22,28,33H,13-14,16H2,1-4H3,(H,34,36)/t22-,28-,31?/m0/s1. The fourth-order valence-electron chi connectivity index (χ4n) is 6.84. The molecule has 2 saturated carbocycles. The second-order valence-corrected chi connectivity index (χ2v) is 15.1. The first-order valence-electron chi connectivity index (χ1n) is 13.9. The predicted octanol–water partition coefficient (Wildman–Crippen LogP) is 6.93. The second-order valence-electron chi connectivity index (χ2n) is 12.2. The summed E-state index contributed by atoms with van der Waals surface area (Å²) in [6, 6.07) is 16.3. The third kappa shape index (κ3) is 4.64. The fourth-order valence-corrected chi connectivity index (χ4v) is 8.64. The Bertz CT molecular complexity index is 1850. The van der Waals surface area contributed by atoms with Gasteiger partial charge in [0.1, 0.15) is 5.69 Å². The summed E-state index contributed by atoms with van der Waals surface area (Å²) in [6.45, 7) is 8.70. The summed E-state index contributed by atoms with van der Waals surface area (Å²) in [5, 5.41) is 16.3. The Hall–Kier alpha value is -3.83. The van der Waals surface area contributed by atoms with E-state index in [2.05, 4.69) is 35.8 Å². The number of nitro groups is 1. The minimum absolute atomic E-state index is 0.0214. The maximum absolute atomic E-state index is 13.1. The molecule has 3 aromatic carbocycles. The number of thiazole rings is 1. The van der Waals surface area contributed by atoms with E-state index >= 15 is 0 Å². The first-order chi connectivity index (χ1) is 19.8. The van der Waals surface area contributed by atoms with Gasteiger partial charge in [-0.25, -0.2) is 18.1 Å². The number of carbonyl (C=O) groups excluding carboxylic acids is 1. The van der Waals surface area contributed by atoms with Crippen LogP contribution in [0.15, 0.2) is 65.6 Å². The highest BCUT2D eigenvalue weighted by Gasteiger charge is 2.61. The van der Waals surface area contributed by atoms with Gasteiger partial charge in [-0.1, -0.05) is 39.0 Å². The summed E-state index contributed by atoms with van der Waals surface area (Å²) in [7, 11) is -4.37. The van der Waals surface area contributed by atoms with Crippen molar-refractivity contribution in [3.8, 4) is 11.1 Å². The van der Waals surface area contributed by atoms with E-state index in [9.17, 15) is 23.3 Å². The van der Waals surface area contributed by atoms with Crippen molar-refractivity contribution in [1.29, 1.82) is 0 Å². The van der Waals surface area contributed by atoms with Crippen LogP contribution in [0.1, 0.15) is 55.4 Å². The van der Waals surface area contributed by atoms with E-state index in [1.165, 1.54) is 12.1 Å². The van der Waals surface area contributed by atoms with Crippen LogP contribution in [0.3, 0.4) is 0 Å². The predicted molar refractivity (Wildman–Crippen MR) is 164 cm³/mol. The molecule has 2 bridgehead atoms. The minimum atomic E-state index is -4.37. The van der Waals surface area contributed by atoms with Crippen molar-refractivity contribution in [3.05, 3.63) is 81.3 Å². The van der Waals surface area contributed by atoms with Crippen molar-refractivity contribution >= 4 is 48.9 Å². The molecular formula is C31H32N4O5S2. The number of sulfonamides is 1. The number of rotatable bonds is 7. The zero-order valence-corrected chi connectivity index (χ0v) is 25.4. The third-order valence-corrected chi connectivity index (χ3v) is 12.1. The number of hydrogen-bond donors (Lipinski definition) is 2. The van der Waals surface area contributed by atoms with E-state index in [1.807, 2.05) is 25.1 Å². The molecule has 3 atom stereocenters. The largest absolute Gasteiger partial charge is 0.376 e. The van der Waals surface area contributed by atoms with Crippen molar-refractivity contribution in [3.63, 3.8) is 0 Å². The molecule has 11 heteroatoms. The van der Waals surface area contributed by atoms with E-state index in [-0.39, 0.29) is 38.7 Å². The van der Waals surface area contributed by atoms with Crippen molar-refractivity contribution in [2.45, 2.75) is 57.9 Å². The summed E-state index contributed by atoms with van der Waals surface area (Å²) in [5.74, 6) is -0.289. The number of aromatic nitrogens is 1. The number of aryl methyl sites for hydroxylation is 1. The molecule has 1 unspecified atom stereocenters. The second kappa shape index (κ2) is 9.88. The smallest absolute Gasteiger partial charge is 0.293 e. The van der Waals surface area contributed by atoms with Crippen LogP contribution >= 0.6 is 11.3 Å².